The van der Waals surface area contributed by atoms with Crippen molar-refractivity contribution in [2.45, 2.75) is 31.2 Å². The quantitative estimate of drug-likeness (QED) is 0.546. The number of carbonyl (C=O) groups excluding carboxylic acids is 1. The summed E-state index contributed by atoms with van der Waals surface area (Å²) in [7, 11) is 1.40. The molecule has 0 aliphatic carbocycles. The van der Waals surface area contributed by atoms with Gasteiger partial charge in [0.25, 0.3) is 0 Å². The van der Waals surface area contributed by atoms with Gasteiger partial charge in [0, 0.05) is 3.57 Å². The first-order chi connectivity index (χ1) is 11.0. The molecule has 3 nitrogen and oxygen atoms in total. The van der Waals surface area contributed by atoms with Crippen molar-refractivity contribution < 1.29 is 9.53 Å². The number of hydrogen-bond acceptors (Lipinski definition) is 3. The van der Waals surface area contributed by atoms with Crippen LogP contribution in [0.1, 0.15) is 24.0 Å². The zero-order valence-corrected chi connectivity index (χ0v) is 15.5. The van der Waals surface area contributed by atoms with Crippen molar-refractivity contribution in [3.63, 3.8) is 0 Å². The Hall–Kier alpha value is -1.40. The summed E-state index contributed by atoms with van der Waals surface area (Å²) in [6, 6.07) is 18.3. The second kappa shape index (κ2) is 8.45. The lowest BCUT2D eigenvalue weighted by molar-refractivity contribution is -0.147. The number of hydrogen-bond donors (Lipinski definition) is 1. The lowest BCUT2D eigenvalue weighted by Crippen LogP contribution is -2.49. The van der Waals surface area contributed by atoms with Crippen molar-refractivity contribution in [2.24, 2.45) is 5.73 Å². The molecule has 0 heterocycles. The van der Waals surface area contributed by atoms with Crippen molar-refractivity contribution in [1.29, 1.82) is 0 Å². The minimum absolute atomic E-state index is 0.334. The summed E-state index contributed by atoms with van der Waals surface area (Å²) in [6.45, 7) is 0. The van der Waals surface area contributed by atoms with Crippen LogP contribution in [0.15, 0.2) is 54.6 Å². The Morgan fingerprint density at radius 2 is 1.65 bits per heavy atom. The molecule has 0 aromatic heterocycles. The van der Waals surface area contributed by atoms with Gasteiger partial charge in [0.1, 0.15) is 5.54 Å². The average Bonchev–Trinajstić information content (AvgIpc) is 2.59. The van der Waals surface area contributed by atoms with E-state index in [1.807, 2.05) is 30.3 Å². The van der Waals surface area contributed by atoms with E-state index in [2.05, 4.69) is 46.9 Å². The Balaban J connectivity index is 2.06. The van der Waals surface area contributed by atoms with Crippen LogP contribution in [0, 0.1) is 3.57 Å². The van der Waals surface area contributed by atoms with Gasteiger partial charge in [0.15, 0.2) is 0 Å². The smallest absolute Gasteiger partial charge is 0.325 e. The molecule has 0 aliphatic heterocycles. The van der Waals surface area contributed by atoms with Gasteiger partial charge in [-0.05, 0) is 65.5 Å². The summed E-state index contributed by atoms with van der Waals surface area (Å²) in [5, 5.41) is 0. The highest BCUT2D eigenvalue weighted by Crippen LogP contribution is 2.22. The fraction of sp³-hybridized carbons (Fsp3) is 0.316. The Morgan fingerprint density at radius 3 is 2.30 bits per heavy atom. The minimum Gasteiger partial charge on any atom is -0.468 e. The molecule has 122 valence electrons. The van der Waals surface area contributed by atoms with E-state index < -0.39 is 5.54 Å². The summed E-state index contributed by atoms with van der Waals surface area (Å²) in [4.78, 5) is 12.2. The van der Waals surface area contributed by atoms with Gasteiger partial charge in [0.2, 0.25) is 0 Å². The van der Waals surface area contributed by atoms with E-state index in [0.717, 1.165) is 12.8 Å². The Bertz CT molecular complexity index is 645. The van der Waals surface area contributed by atoms with E-state index in [0.29, 0.717) is 12.8 Å². The minimum atomic E-state index is -0.955. The topological polar surface area (TPSA) is 52.3 Å². The molecule has 0 bridgehead atoms. The maximum absolute atomic E-state index is 12.2. The van der Waals surface area contributed by atoms with Gasteiger partial charge in [-0.25, -0.2) is 0 Å². The van der Waals surface area contributed by atoms with Gasteiger partial charge in [-0.3, -0.25) is 4.79 Å². The standard InChI is InChI=1S/C19H22INO2/c1-23-18(22)19(21,13-11-15-7-3-2-4-8-15)14-12-16-9-5-6-10-17(16)20/h2-10H,11-14,21H2,1H3/t19-/m0/s1. The number of rotatable bonds is 7. The highest BCUT2D eigenvalue weighted by molar-refractivity contribution is 14.1. The van der Waals surface area contributed by atoms with E-state index in [1.165, 1.54) is 21.8 Å². The lowest BCUT2D eigenvalue weighted by atomic mass is 9.86. The summed E-state index contributed by atoms with van der Waals surface area (Å²) in [6.07, 6.45) is 2.68. The van der Waals surface area contributed by atoms with Gasteiger partial charge < -0.3 is 10.5 Å². The first-order valence-corrected chi connectivity index (χ1v) is 8.78. The number of ether oxygens (including phenoxy) is 1. The number of carbonyl (C=O) groups is 1. The molecule has 0 amide bonds. The fourth-order valence-electron chi connectivity index (χ4n) is 2.60. The number of halogens is 1. The first kappa shape index (κ1) is 17.9. The van der Waals surface area contributed by atoms with E-state index >= 15 is 0 Å². The molecule has 0 spiro atoms. The predicted octanol–water partition coefficient (Wildman–Crippen LogP) is 3.73. The zero-order chi connectivity index (χ0) is 16.7. The summed E-state index contributed by atoms with van der Waals surface area (Å²) in [5.41, 5.74) is 7.86. The maximum Gasteiger partial charge on any atom is 0.325 e. The molecule has 2 aromatic carbocycles. The van der Waals surface area contributed by atoms with Crippen LogP contribution in [0.3, 0.4) is 0 Å². The molecule has 2 rings (SSSR count). The lowest BCUT2D eigenvalue weighted by Gasteiger charge is -2.27. The summed E-state index contributed by atoms with van der Waals surface area (Å²) < 4.78 is 6.15. The van der Waals surface area contributed by atoms with Crippen LogP contribution < -0.4 is 5.73 Å². The molecule has 2 aromatic rings. The third kappa shape index (κ3) is 5.04. The van der Waals surface area contributed by atoms with Crippen LogP contribution >= 0.6 is 22.6 Å². The number of aryl methyl sites for hydroxylation is 2. The number of benzene rings is 2. The normalized spacial score (nSPS) is 13.3. The molecule has 0 saturated carbocycles. The molecule has 0 aliphatic rings. The monoisotopic (exact) mass is 423 g/mol. The Morgan fingerprint density at radius 1 is 1.04 bits per heavy atom. The summed E-state index contributed by atoms with van der Waals surface area (Å²) in [5.74, 6) is -0.334. The van der Waals surface area contributed by atoms with E-state index in [1.54, 1.807) is 0 Å². The van der Waals surface area contributed by atoms with Crippen molar-refractivity contribution >= 4 is 28.6 Å². The second-order valence-electron chi connectivity index (χ2n) is 5.72. The second-order valence-corrected chi connectivity index (χ2v) is 6.89. The SMILES string of the molecule is COC(=O)[C@](N)(CCc1ccccc1)CCc1ccccc1I. The molecule has 1 atom stereocenters. The van der Waals surface area contributed by atoms with Crippen LogP contribution in [-0.4, -0.2) is 18.6 Å². The molecule has 4 heteroatoms. The molecular weight excluding hydrogens is 401 g/mol. The highest BCUT2D eigenvalue weighted by atomic mass is 127. The molecular formula is C19H22INO2. The number of methoxy groups -OCH3 is 1. The third-order valence-corrected chi connectivity index (χ3v) is 5.15. The zero-order valence-electron chi connectivity index (χ0n) is 13.3. The average molecular weight is 423 g/mol. The molecule has 0 fully saturated rings. The van der Waals surface area contributed by atoms with E-state index in [4.69, 9.17) is 10.5 Å². The van der Waals surface area contributed by atoms with Gasteiger partial charge in [0.05, 0.1) is 7.11 Å². The molecule has 2 N–H and O–H groups in total. The molecule has 0 saturated heterocycles. The predicted molar refractivity (Wildman–Crippen MR) is 101 cm³/mol. The molecule has 0 unspecified atom stereocenters. The number of nitrogens with two attached hydrogens (primary N) is 1. The van der Waals surface area contributed by atoms with Crippen LogP contribution in [-0.2, 0) is 22.4 Å². The van der Waals surface area contributed by atoms with Gasteiger partial charge in [-0.1, -0.05) is 48.5 Å². The van der Waals surface area contributed by atoms with Crippen molar-refractivity contribution in [3.05, 3.63) is 69.3 Å². The van der Waals surface area contributed by atoms with Crippen molar-refractivity contribution in [1.82, 2.24) is 0 Å². The number of esters is 1. The van der Waals surface area contributed by atoms with Crippen molar-refractivity contribution in [2.75, 3.05) is 7.11 Å². The van der Waals surface area contributed by atoms with Crippen LogP contribution in [0.5, 0.6) is 0 Å². The van der Waals surface area contributed by atoms with Crippen LogP contribution in [0.4, 0.5) is 0 Å². The fourth-order valence-corrected chi connectivity index (χ4v) is 3.26. The molecule has 0 radical (unpaired) electrons. The van der Waals surface area contributed by atoms with Gasteiger partial charge in [-0.2, -0.15) is 0 Å². The first-order valence-electron chi connectivity index (χ1n) is 7.70. The Kier molecular flexibility index (Phi) is 6.59. The largest absolute Gasteiger partial charge is 0.468 e. The van der Waals surface area contributed by atoms with Crippen LogP contribution in [0.2, 0.25) is 0 Å². The van der Waals surface area contributed by atoms with E-state index in [-0.39, 0.29) is 5.97 Å². The Labute approximate surface area is 151 Å². The van der Waals surface area contributed by atoms with Crippen molar-refractivity contribution in [3.8, 4) is 0 Å². The third-order valence-electron chi connectivity index (χ3n) is 4.09. The van der Waals surface area contributed by atoms with Gasteiger partial charge >= 0.3 is 5.97 Å². The van der Waals surface area contributed by atoms with Gasteiger partial charge in [-0.15, -0.1) is 0 Å². The summed E-state index contributed by atoms with van der Waals surface area (Å²) >= 11 is 2.31. The molecule has 23 heavy (non-hydrogen) atoms. The van der Waals surface area contributed by atoms with Crippen LogP contribution in [0.25, 0.3) is 0 Å². The van der Waals surface area contributed by atoms with E-state index in [9.17, 15) is 4.79 Å². The maximum atomic E-state index is 12.2. The highest BCUT2D eigenvalue weighted by Gasteiger charge is 2.34.